The zero-order valence-corrected chi connectivity index (χ0v) is 21.2. The summed E-state index contributed by atoms with van der Waals surface area (Å²) in [7, 11) is 3.45. The van der Waals surface area contributed by atoms with Crippen LogP contribution in [-0.2, 0) is 13.6 Å². The minimum atomic E-state index is -0.430. The molecule has 9 heteroatoms. The van der Waals surface area contributed by atoms with Crippen molar-refractivity contribution in [3.05, 3.63) is 41.7 Å². The van der Waals surface area contributed by atoms with Gasteiger partial charge in [-0.25, -0.2) is 9.37 Å². The van der Waals surface area contributed by atoms with E-state index in [0.29, 0.717) is 59.3 Å². The first-order chi connectivity index (χ1) is 18.0. The van der Waals surface area contributed by atoms with E-state index < -0.39 is 5.82 Å². The average Bonchev–Trinajstić information content (AvgIpc) is 3.33. The first-order valence-electron chi connectivity index (χ1n) is 13.2. The molecule has 0 unspecified atom stereocenters. The fourth-order valence-electron chi connectivity index (χ4n) is 6.20. The molecule has 5 heterocycles. The predicted octanol–water partition coefficient (Wildman–Crippen LogP) is 3.97. The minimum absolute atomic E-state index is 0.126. The molecule has 1 N–H and O–H groups in total. The summed E-state index contributed by atoms with van der Waals surface area (Å²) in [5.41, 5.74) is 2.98. The van der Waals surface area contributed by atoms with Crippen molar-refractivity contribution in [1.82, 2.24) is 29.3 Å². The van der Waals surface area contributed by atoms with Crippen LogP contribution in [0.5, 0.6) is 5.88 Å². The Hall–Kier alpha value is -3.46. The summed E-state index contributed by atoms with van der Waals surface area (Å²) in [5.74, 6) is 1.91. The second-order valence-electron chi connectivity index (χ2n) is 10.8. The van der Waals surface area contributed by atoms with E-state index in [1.807, 2.05) is 24.1 Å². The van der Waals surface area contributed by atoms with Crippen molar-refractivity contribution in [3.63, 3.8) is 0 Å². The number of imidazole rings is 1. The number of hydrogen-bond acceptors (Lipinski definition) is 5. The van der Waals surface area contributed by atoms with Gasteiger partial charge in [0.25, 0.3) is 5.91 Å². The number of pyridine rings is 1. The van der Waals surface area contributed by atoms with Crippen molar-refractivity contribution < 1.29 is 13.9 Å². The van der Waals surface area contributed by atoms with Crippen LogP contribution in [0.25, 0.3) is 33.6 Å². The molecule has 0 spiro atoms. The molecule has 4 aromatic rings. The van der Waals surface area contributed by atoms with Crippen molar-refractivity contribution in [2.75, 3.05) is 26.7 Å². The summed E-state index contributed by atoms with van der Waals surface area (Å²) in [5, 5.41) is 4.50. The number of carbonyl (C=O) groups is 1. The maximum Gasteiger partial charge on any atom is 0.254 e. The Morgan fingerprint density at radius 1 is 1.16 bits per heavy atom. The van der Waals surface area contributed by atoms with E-state index in [1.165, 1.54) is 25.3 Å². The normalized spacial score (nSPS) is 21.6. The Balaban J connectivity index is 1.29. The van der Waals surface area contributed by atoms with Crippen molar-refractivity contribution in [2.24, 2.45) is 18.9 Å². The van der Waals surface area contributed by atoms with E-state index in [1.54, 1.807) is 17.7 Å². The number of likely N-dealkylation sites (tertiary alicyclic amines) is 1. The molecule has 8 nitrogen and oxygen atoms in total. The number of nitrogens with one attached hydrogen (secondary N) is 1. The Bertz CT molecular complexity index is 1540. The van der Waals surface area contributed by atoms with Gasteiger partial charge in [-0.15, -0.1) is 0 Å². The van der Waals surface area contributed by atoms with Crippen LogP contribution >= 0.6 is 0 Å². The largest absolute Gasteiger partial charge is 0.481 e. The van der Waals surface area contributed by atoms with Crippen LogP contribution in [0.15, 0.2) is 30.3 Å². The highest BCUT2D eigenvalue weighted by atomic mass is 19.1. The van der Waals surface area contributed by atoms with Crippen molar-refractivity contribution >= 4 is 28.0 Å². The number of aryl methyl sites for hydroxylation is 1. The Morgan fingerprint density at radius 2 is 2.03 bits per heavy atom. The Labute approximate surface area is 214 Å². The third-order valence-corrected chi connectivity index (χ3v) is 8.43. The maximum atomic E-state index is 15.5. The van der Waals surface area contributed by atoms with Gasteiger partial charge in [0.15, 0.2) is 5.82 Å². The molecule has 3 aromatic heterocycles. The van der Waals surface area contributed by atoms with Gasteiger partial charge in [0.2, 0.25) is 5.88 Å². The van der Waals surface area contributed by atoms with Crippen LogP contribution in [-0.4, -0.2) is 62.7 Å². The molecule has 1 aliphatic carbocycles. The highest BCUT2D eigenvalue weighted by molar-refractivity contribution is 5.98. The number of ether oxygens (including phenoxy) is 1. The number of carbonyl (C=O) groups excluding carboxylic acids is 1. The molecular weight excluding hydrogens is 471 g/mol. The number of methoxy groups -OCH3 is 1. The molecule has 3 aliphatic rings. The first-order valence-corrected chi connectivity index (χ1v) is 13.2. The molecule has 7 rings (SSSR count). The van der Waals surface area contributed by atoms with Gasteiger partial charge in [0.1, 0.15) is 17.0 Å². The van der Waals surface area contributed by atoms with Crippen molar-refractivity contribution in [2.45, 2.75) is 38.3 Å². The number of hydrogen-bond donors (Lipinski definition) is 1. The number of piperidine rings is 1. The fraction of sp³-hybridized carbons (Fsp3) is 0.464. The highest BCUT2D eigenvalue weighted by Crippen LogP contribution is 2.37. The quantitative estimate of drug-likeness (QED) is 0.447. The van der Waals surface area contributed by atoms with Gasteiger partial charge < -0.3 is 24.1 Å². The molecule has 3 fully saturated rings. The third kappa shape index (κ3) is 3.79. The Kier molecular flexibility index (Phi) is 5.25. The van der Waals surface area contributed by atoms with E-state index >= 15 is 4.39 Å². The topological polar surface area (TPSA) is 77.2 Å². The molecular formula is C28H31FN6O2. The lowest BCUT2D eigenvalue weighted by Gasteiger charge is -2.35. The first kappa shape index (κ1) is 22.7. The smallest absolute Gasteiger partial charge is 0.254 e. The SMILES string of the molecule is COc1ccc2cc(-c3nc4cc(C(=O)N5CC[C@H]6CCN[C@H]6C5)cc(F)c4n3C)n(CC3CC3)c2n1. The van der Waals surface area contributed by atoms with Crippen molar-refractivity contribution in [1.29, 1.82) is 0 Å². The lowest BCUT2D eigenvalue weighted by atomic mass is 9.92. The van der Waals surface area contributed by atoms with Crippen LogP contribution in [0.3, 0.4) is 0 Å². The highest BCUT2D eigenvalue weighted by Gasteiger charge is 2.35. The number of amides is 1. The fourth-order valence-corrected chi connectivity index (χ4v) is 6.20. The van der Waals surface area contributed by atoms with Crippen LogP contribution < -0.4 is 10.1 Å². The summed E-state index contributed by atoms with van der Waals surface area (Å²) in [6, 6.07) is 9.37. The molecule has 1 amide bonds. The predicted molar refractivity (Wildman–Crippen MR) is 139 cm³/mol. The van der Waals surface area contributed by atoms with Crippen LogP contribution in [0, 0.1) is 17.7 Å². The van der Waals surface area contributed by atoms with Crippen LogP contribution in [0.4, 0.5) is 4.39 Å². The van der Waals surface area contributed by atoms with Gasteiger partial charge in [0.05, 0.1) is 18.3 Å². The molecule has 1 aromatic carbocycles. The molecule has 2 atom stereocenters. The van der Waals surface area contributed by atoms with Crippen LogP contribution in [0.2, 0.25) is 0 Å². The van der Waals surface area contributed by atoms with E-state index in [0.717, 1.165) is 36.2 Å². The van der Waals surface area contributed by atoms with E-state index in [2.05, 4.69) is 16.0 Å². The number of benzene rings is 1. The van der Waals surface area contributed by atoms with E-state index in [4.69, 9.17) is 14.7 Å². The third-order valence-electron chi connectivity index (χ3n) is 8.43. The number of nitrogens with zero attached hydrogens (tertiary/aromatic N) is 5. The maximum absolute atomic E-state index is 15.5. The molecule has 1 saturated carbocycles. The molecule has 0 radical (unpaired) electrons. The zero-order chi connectivity index (χ0) is 25.3. The average molecular weight is 503 g/mol. The second-order valence-corrected chi connectivity index (χ2v) is 10.8. The van der Waals surface area contributed by atoms with Gasteiger partial charge in [-0.3, -0.25) is 4.79 Å². The Morgan fingerprint density at radius 3 is 2.84 bits per heavy atom. The molecule has 37 heavy (non-hydrogen) atoms. The summed E-state index contributed by atoms with van der Waals surface area (Å²) >= 11 is 0. The van der Waals surface area contributed by atoms with Gasteiger partial charge in [-0.2, -0.15) is 4.98 Å². The monoisotopic (exact) mass is 502 g/mol. The van der Waals surface area contributed by atoms with Gasteiger partial charge in [-0.05, 0) is 68.3 Å². The number of aromatic nitrogens is 4. The molecule has 192 valence electrons. The standard InChI is InChI=1S/C28H31FN6O2/c1-33-25-20(29)11-19(28(36)34-10-8-17-7-9-30-22(17)15-34)12-21(25)31-27(33)23-13-18-5-6-24(37-2)32-26(18)35(23)14-16-3-4-16/h5-6,11-13,16-17,22,30H,3-4,7-10,14-15H2,1-2H3/t17-,22+/m1/s1. The van der Waals surface area contributed by atoms with Gasteiger partial charge in [-0.1, -0.05) is 0 Å². The summed E-state index contributed by atoms with van der Waals surface area (Å²) in [6.45, 7) is 3.23. The molecule has 0 bridgehead atoms. The van der Waals surface area contributed by atoms with Crippen LogP contribution in [0.1, 0.15) is 36.0 Å². The number of fused-ring (bicyclic) bond motifs is 3. The lowest BCUT2D eigenvalue weighted by molar-refractivity contribution is 0.0669. The molecule has 2 saturated heterocycles. The van der Waals surface area contributed by atoms with E-state index in [-0.39, 0.29) is 5.91 Å². The zero-order valence-electron chi connectivity index (χ0n) is 21.2. The van der Waals surface area contributed by atoms with Crippen molar-refractivity contribution in [3.8, 4) is 17.4 Å². The van der Waals surface area contributed by atoms with E-state index in [9.17, 15) is 4.79 Å². The summed E-state index contributed by atoms with van der Waals surface area (Å²) in [4.78, 5) is 24.8. The number of rotatable bonds is 5. The lowest BCUT2D eigenvalue weighted by Crippen LogP contribution is -2.48. The number of halogens is 1. The minimum Gasteiger partial charge on any atom is -0.481 e. The summed E-state index contributed by atoms with van der Waals surface area (Å²) in [6.07, 6.45) is 4.55. The molecule has 2 aliphatic heterocycles. The summed E-state index contributed by atoms with van der Waals surface area (Å²) < 4.78 is 24.9. The van der Waals surface area contributed by atoms with Gasteiger partial charge >= 0.3 is 0 Å². The second kappa shape index (κ2) is 8.55. The van der Waals surface area contributed by atoms with Gasteiger partial charge in [0, 0.05) is 49.7 Å².